The number of fused-ring (bicyclic) bond motifs is 1. The number of hydrogen-bond acceptors (Lipinski definition) is 11. The third-order valence-electron chi connectivity index (χ3n) is 8.17. The van der Waals surface area contributed by atoms with E-state index < -0.39 is 100 Å². The fourth-order valence-electron chi connectivity index (χ4n) is 6.07. The number of hydrogen-bond donors (Lipinski definition) is 1. The lowest BCUT2D eigenvalue weighted by molar-refractivity contribution is -0.177. The van der Waals surface area contributed by atoms with Gasteiger partial charge < -0.3 is 23.7 Å². The van der Waals surface area contributed by atoms with E-state index in [1.54, 1.807) is 0 Å². The van der Waals surface area contributed by atoms with Gasteiger partial charge >= 0.3 is 39.2 Å². The average Bonchev–Trinajstić information content (AvgIpc) is 3.50. The predicted molar refractivity (Wildman–Crippen MR) is 128 cm³/mol. The van der Waals surface area contributed by atoms with E-state index in [0.29, 0.717) is 13.3 Å². The second-order valence-electron chi connectivity index (χ2n) is 10.9. The highest BCUT2D eigenvalue weighted by atomic mass is 32.2. The molecule has 0 aromatic heterocycles. The van der Waals surface area contributed by atoms with Gasteiger partial charge in [0, 0.05) is 0 Å². The first-order chi connectivity index (χ1) is 18.7. The Kier molecular flexibility index (Phi) is 8.77. The van der Waals surface area contributed by atoms with Crippen LogP contribution in [0, 0.1) is 11.8 Å². The van der Waals surface area contributed by atoms with Gasteiger partial charge in [-0.2, -0.15) is 17.2 Å². The molecule has 12 nitrogen and oxygen atoms in total. The summed E-state index contributed by atoms with van der Waals surface area (Å²) in [7, 11) is -5.83. The van der Waals surface area contributed by atoms with Gasteiger partial charge in [0.1, 0.15) is 29.6 Å². The Balaban J connectivity index is 1.37. The minimum absolute atomic E-state index is 0.570. The molecule has 4 fully saturated rings. The van der Waals surface area contributed by atoms with Crippen LogP contribution in [0.1, 0.15) is 78.1 Å². The quantitative estimate of drug-likeness (QED) is 0.199. The van der Waals surface area contributed by atoms with E-state index in [9.17, 15) is 36.4 Å². The zero-order valence-electron chi connectivity index (χ0n) is 22.2. The highest BCUT2D eigenvalue weighted by Crippen LogP contribution is 2.52. The molecule has 3 saturated heterocycles. The predicted octanol–water partition coefficient (Wildman–Crippen LogP) is 2.47. The number of unbranched alkanes of at least 4 members (excludes halogenated alkanes) is 1. The third-order valence-corrected chi connectivity index (χ3v) is 9.19. The van der Waals surface area contributed by atoms with Crippen LogP contribution in [0.3, 0.4) is 0 Å². The smallest absolute Gasteiger partial charge is 0.405 e. The van der Waals surface area contributed by atoms with Gasteiger partial charge in [-0.1, -0.05) is 19.8 Å². The lowest BCUT2D eigenvalue weighted by Crippen LogP contribution is -2.50. The average molecular weight is 597 g/mol. The first kappa shape index (κ1) is 30.6. The van der Waals surface area contributed by atoms with Gasteiger partial charge in [-0.25, -0.2) is 0 Å². The van der Waals surface area contributed by atoms with Crippen molar-refractivity contribution in [1.29, 1.82) is 0 Å². The first-order valence-electron chi connectivity index (χ1n) is 13.5. The molecule has 0 radical (unpaired) electrons. The monoisotopic (exact) mass is 596 g/mol. The minimum Gasteiger partial charge on any atom is -0.459 e. The lowest BCUT2D eigenvalue weighted by Gasteiger charge is -2.38. The fraction of sp³-hybridized carbons (Fsp3) is 0.840. The van der Waals surface area contributed by atoms with Crippen molar-refractivity contribution >= 4 is 34.0 Å². The number of carbonyl (C=O) groups is 4. The van der Waals surface area contributed by atoms with Gasteiger partial charge in [0.25, 0.3) is 0 Å². The zero-order valence-corrected chi connectivity index (χ0v) is 23.0. The molecular formula is C25H34F2O12S. The molecule has 0 aromatic carbocycles. The Morgan fingerprint density at radius 1 is 1.10 bits per heavy atom. The van der Waals surface area contributed by atoms with Gasteiger partial charge in [-0.3, -0.25) is 23.7 Å². The number of halogens is 2. The standard InChI is InChI=1S/C25H34F2O12S/c1-3-4-10-24(11-6-5-7-12-24)39-23(31)17-16-18-21(38-22(16)30)20(19(17)37-18)36-15(29)9-8-14(28)35-13(2)25(26,27)40(32,33)34/h13,16-21H,3-12H2,1-2H3,(H,32,33,34). The van der Waals surface area contributed by atoms with Gasteiger partial charge in [-0.15, -0.1) is 0 Å². The maximum atomic E-state index is 13.6. The number of alkyl halides is 2. The molecular weight excluding hydrogens is 562 g/mol. The van der Waals surface area contributed by atoms with Crippen LogP contribution in [0.15, 0.2) is 0 Å². The molecule has 1 N–H and O–H groups in total. The Morgan fingerprint density at radius 3 is 2.38 bits per heavy atom. The SMILES string of the molecule is CCCCC1(OC(=O)C2C3OC4C(OC(=O)C42)C3OC(=O)CCC(=O)OC(C)C(F)(F)S(=O)(=O)O)CCCCC1. The molecule has 40 heavy (non-hydrogen) atoms. The van der Waals surface area contributed by atoms with Gasteiger partial charge in [-0.05, 0) is 45.4 Å². The third kappa shape index (κ3) is 5.82. The van der Waals surface area contributed by atoms with E-state index >= 15 is 0 Å². The summed E-state index contributed by atoms with van der Waals surface area (Å²) < 4.78 is 84.4. The van der Waals surface area contributed by atoms with Gasteiger partial charge in [0.05, 0.1) is 12.8 Å². The Morgan fingerprint density at radius 2 is 1.75 bits per heavy atom. The van der Waals surface area contributed by atoms with E-state index in [1.807, 2.05) is 6.92 Å². The van der Waals surface area contributed by atoms with Gasteiger partial charge in [0.2, 0.25) is 0 Å². The van der Waals surface area contributed by atoms with Gasteiger partial charge in [0.15, 0.2) is 18.3 Å². The minimum atomic E-state index is -5.83. The number of esters is 4. The number of ether oxygens (including phenoxy) is 5. The second kappa shape index (κ2) is 11.5. The molecule has 4 rings (SSSR count). The van der Waals surface area contributed by atoms with E-state index in [0.717, 1.165) is 44.9 Å². The summed E-state index contributed by atoms with van der Waals surface area (Å²) in [4.78, 5) is 50.5. The summed E-state index contributed by atoms with van der Waals surface area (Å²) in [6, 6.07) is 0. The molecule has 7 atom stereocenters. The summed E-state index contributed by atoms with van der Waals surface area (Å²) >= 11 is 0. The first-order valence-corrected chi connectivity index (χ1v) is 15.0. The summed E-state index contributed by atoms with van der Waals surface area (Å²) in [6.45, 7) is 2.62. The summed E-state index contributed by atoms with van der Waals surface area (Å²) in [5.41, 5.74) is -0.620. The molecule has 1 aliphatic carbocycles. The fourth-order valence-corrected chi connectivity index (χ4v) is 6.54. The van der Waals surface area contributed by atoms with Crippen LogP contribution in [0.4, 0.5) is 8.78 Å². The maximum Gasteiger partial charge on any atom is 0.405 e. The molecule has 226 valence electrons. The highest BCUT2D eigenvalue weighted by Gasteiger charge is 2.72. The summed E-state index contributed by atoms with van der Waals surface area (Å²) in [5.74, 6) is -5.50. The van der Waals surface area contributed by atoms with E-state index in [1.165, 1.54) is 0 Å². The Hall–Kier alpha value is -2.39. The highest BCUT2D eigenvalue weighted by molar-refractivity contribution is 7.86. The summed E-state index contributed by atoms with van der Waals surface area (Å²) in [5, 5.41) is -4.75. The largest absolute Gasteiger partial charge is 0.459 e. The van der Waals surface area contributed by atoms with Crippen LogP contribution in [0.2, 0.25) is 0 Å². The van der Waals surface area contributed by atoms with Crippen molar-refractivity contribution in [2.24, 2.45) is 11.8 Å². The van der Waals surface area contributed by atoms with Crippen molar-refractivity contribution in [3.63, 3.8) is 0 Å². The molecule has 4 aliphatic rings. The molecule has 2 bridgehead atoms. The second-order valence-corrected chi connectivity index (χ2v) is 12.4. The molecule has 0 aromatic rings. The molecule has 7 unspecified atom stereocenters. The van der Waals surface area contributed by atoms with Crippen LogP contribution in [0.5, 0.6) is 0 Å². The van der Waals surface area contributed by atoms with Crippen molar-refractivity contribution in [3.05, 3.63) is 0 Å². The Bertz CT molecular complexity index is 1120. The summed E-state index contributed by atoms with van der Waals surface area (Å²) in [6.07, 6.45) is -0.947. The van der Waals surface area contributed by atoms with Crippen LogP contribution < -0.4 is 0 Å². The van der Waals surface area contributed by atoms with Crippen LogP contribution in [-0.4, -0.2) is 78.2 Å². The van der Waals surface area contributed by atoms with E-state index in [4.69, 9.17) is 23.5 Å². The van der Waals surface area contributed by atoms with Crippen molar-refractivity contribution in [2.45, 2.75) is 119 Å². The number of carbonyl (C=O) groups excluding carboxylic acids is 4. The van der Waals surface area contributed by atoms with Crippen molar-refractivity contribution in [1.82, 2.24) is 0 Å². The lowest BCUT2D eigenvalue weighted by atomic mass is 9.77. The van der Waals surface area contributed by atoms with Crippen LogP contribution in [-0.2, 0) is 53.0 Å². The normalized spacial score (nSPS) is 31.4. The van der Waals surface area contributed by atoms with E-state index in [2.05, 4.69) is 4.74 Å². The van der Waals surface area contributed by atoms with Crippen molar-refractivity contribution < 1.29 is 64.6 Å². The molecule has 0 amide bonds. The van der Waals surface area contributed by atoms with Crippen molar-refractivity contribution in [3.8, 4) is 0 Å². The topological polar surface area (TPSA) is 169 Å². The maximum absolute atomic E-state index is 13.6. The molecule has 3 heterocycles. The zero-order chi connectivity index (χ0) is 29.5. The molecule has 15 heteroatoms. The van der Waals surface area contributed by atoms with Crippen LogP contribution in [0.25, 0.3) is 0 Å². The molecule has 0 spiro atoms. The van der Waals surface area contributed by atoms with E-state index in [-0.39, 0.29) is 0 Å². The molecule has 3 aliphatic heterocycles. The molecule has 1 saturated carbocycles. The van der Waals surface area contributed by atoms with Crippen molar-refractivity contribution in [2.75, 3.05) is 0 Å². The Labute approximate surface area is 230 Å². The number of rotatable bonds is 12. The van der Waals surface area contributed by atoms with Crippen LogP contribution >= 0.6 is 0 Å².